The van der Waals surface area contributed by atoms with E-state index in [-0.39, 0.29) is 40.5 Å². The summed E-state index contributed by atoms with van der Waals surface area (Å²) in [5.74, 6) is 3.23. The Balaban J connectivity index is -0.000000567. The number of carboxylic acid groups (broad SMARTS) is 1. The van der Waals surface area contributed by atoms with Crippen molar-refractivity contribution in [2.75, 3.05) is 12.5 Å². The van der Waals surface area contributed by atoms with E-state index in [0.29, 0.717) is 14.7 Å². The molecule has 5 rings (SSSR count). The molecule has 54 heavy (non-hydrogen) atoms. The maximum atomic E-state index is 10.8. The number of aryl methyl sites for hydroxylation is 1. The number of aliphatic carboxylic acids is 1. The van der Waals surface area contributed by atoms with Crippen molar-refractivity contribution in [2.24, 2.45) is 18.6 Å². The molecule has 32 heteroatoms. The lowest BCUT2D eigenvalue weighted by Gasteiger charge is -1.94. The van der Waals surface area contributed by atoms with Gasteiger partial charge in [0.15, 0.2) is 9.88 Å². The number of hydrogen-bond donors (Lipinski definition) is 11. The molecule has 5 heterocycles. The van der Waals surface area contributed by atoms with Crippen LogP contribution in [0.1, 0.15) is 7.43 Å². The number of aromatic nitrogens is 15. The number of hydrogen-bond acceptors (Lipinski definition) is 21. The summed E-state index contributed by atoms with van der Waals surface area (Å²) in [6.45, 7) is 0. The van der Waals surface area contributed by atoms with Gasteiger partial charge in [-0.3, -0.25) is 34.4 Å². The molecule has 0 unspecified atom stereocenters. The minimum Gasteiger partial charge on any atom is -0.476 e. The zero-order chi connectivity index (χ0) is 40.8. The number of nitrogens with two attached hydrogens (primary N) is 2. The Morgan fingerprint density at radius 2 is 1.28 bits per heavy atom. The number of thiocarbonyl (C=S) groups is 1. The first kappa shape index (κ1) is 52.1. The van der Waals surface area contributed by atoms with Crippen molar-refractivity contribution in [3.05, 3.63) is 103 Å². The highest BCUT2D eigenvalue weighted by atomic mass is 32.2. The molecule has 0 aliphatic rings. The quantitative estimate of drug-likeness (QED) is 0.0209. The van der Waals surface area contributed by atoms with E-state index in [1.54, 1.807) is 13.2 Å². The Bertz CT molecular complexity index is 2100. The molecule has 0 radical (unpaired) electrons. The van der Waals surface area contributed by atoms with E-state index in [2.05, 4.69) is 103 Å². The Morgan fingerprint density at radius 1 is 0.815 bits per heavy atom. The number of rotatable bonds is 3. The number of carbonyl (C=O) groups is 2. The van der Waals surface area contributed by atoms with Gasteiger partial charge in [0.2, 0.25) is 6.29 Å². The summed E-state index contributed by atoms with van der Waals surface area (Å²) < 4.78 is 1.78. The SMILES string of the molecule is C.CSc1cn[nH]c(=O)n1.CSc1cnn(C)c(=O)n1.NNC(N)=S.O=CC(=O)O.O=c1[nH]ncc(=S)[nH]1.O=c1cn[nH]c(=O)[nH]1.O=c1cn[nH]c(=S)[nH]1. The second kappa shape index (κ2) is 31.5. The smallest absolute Gasteiger partial charge is 0.368 e. The highest BCUT2D eigenvalue weighted by Crippen LogP contribution is 2.04. The summed E-state index contributed by atoms with van der Waals surface area (Å²) in [5, 5.41) is 34.8. The second-order valence-electron chi connectivity index (χ2n) is 7.56. The van der Waals surface area contributed by atoms with E-state index >= 15 is 0 Å². The molecule has 0 amide bonds. The van der Waals surface area contributed by atoms with E-state index in [1.165, 1.54) is 40.6 Å². The van der Waals surface area contributed by atoms with Crippen LogP contribution in [-0.2, 0) is 16.6 Å². The fourth-order valence-corrected chi connectivity index (χ4v) is 2.79. The van der Waals surface area contributed by atoms with Gasteiger partial charge in [0.1, 0.15) is 27.1 Å². The number of carbonyl (C=O) groups excluding carboxylic acids is 1. The largest absolute Gasteiger partial charge is 0.476 e. The normalized spacial score (nSPS) is 8.59. The molecule has 0 saturated heterocycles. The molecule has 27 nitrogen and oxygen atoms in total. The van der Waals surface area contributed by atoms with E-state index < -0.39 is 22.9 Å². The predicted molar refractivity (Wildman–Crippen MR) is 204 cm³/mol. The molecule has 294 valence electrons. The van der Waals surface area contributed by atoms with E-state index in [0.717, 1.165) is 12.4 Å². The van der Waals surface area contributed by atoms with Gasteiger partial charge in [-0.15, -0.1) is 23.5 Å². The van der Waals surface area contributed by atoms with Gasteiger partial charge >= 0.3 is 28.7 Å². The van der Waals surface area contributed by atoms with Crippen LogP contribution >= 0.6 is 60.2 Å². The van der Waals surface area contributed by atoms with Crippen molar-refractivity contribution < 1.29 is 14.7 Å². The van der Waals surface area contributed by atoms with Crippen LogP contribution in [0, 0.1) is 9.41 Å². The molecule has 5 aromatic rings. The van der Waals surface area contributed by atoms with Crippen molar-refractivity contribution in [3.8, 4) is 0 Å². The van der Waals surface area contributed by atoms with E-state index in [9.17, 15) is 28.8 Å². The van der Waals surface area contributed by atoms with E-state index in [1.807, 2.05) is 28.0 Å². The molecule has 13 N–H and O–H groups in total. The zero-order valence-corrected chi connectivity index (χ0v) is 31.0. The number of thioether (sulfide) groups is 2. The van der Waals surface area contributed by atoms with Gasteiger partial charge in [-0.25, -0.2) is 49.8 Å². The minimum absolute atomic E-state index is 0. The average molecular weight is 853 g/mol. The summed E-state index contributed by atoms with van der Waals surface area (Å²) in [6, 6.07) is 0. The second-order valence-corrected chi connectivity index (χ2v) is 10.5. The summed E-state index contributed by atoms with van der Waals surface area (Å²) in [4.78, 5) is 93.7. The minimum atomic E-state index is -1.43. The van der Waals surface area contributed by atoms with Crippen molar-refractivity contribution in [3.63, 3.8) is 0 Å². The molecule has 0 aromatic carbocycles. The standard InChI is InChI=1S/C5H7N3OS.C4H5N3OS.C3H3N3O2.2C3H3N3OS.C2H2O3.CH5N3S.CH4/c1-8-5(9)7-4(10-2)3-6-8;1-9-3-2-5-7-4(8)6-3;7-2-1-4-6-3(8)5-2;7-3-5-2(8)1-4-6-3;7-2-1-4-6-3(8)5-2;3-1-2(4)5;2-1(5)4-3;/h3H,1-2H3;2H,1H3,(H,6,7,8);3*1H,(H2,5,6,7,8);1H,(H,4,5);3H2,(H3,2,4,5);1H4. The number of nitrogens with zero attached hydrogens (tertiary/aromatic N) is 8. The highest BCUT2D eigenvalue weighted by molar-refractivity contribution is 7.98. The topological polar surface area (TPSA) is 427 Å². The van der Waals surface area contributed by atoms with E-state index in [4.69, 9.17) is 20.4 Å². The summed E-state index contributed by atoms with van der Waals surface area (Å²) >= 11 is 16.1. The van der Waals surface area contributed by atoms with Crippen LogP contribution in [0.25, 0.3) is 0 Å². The van der Waals surface area contributed by atoms with Gasteiger partial charge < -0.3 is 16.3 Å². The van der Waals surface area contributed by atoms with Gasteiger partial charge in [-0.1, -0.05) is 19.6 Å². The number of H-pyrrole nitrogens is 7. The fourth-order valence-electron chi connectivity index (χ4n) is 1.84. The lowest BCUT2D eigenvalue weighted by molar-refractivity contribution is -0.143. The lowest BCUT2D eigenvalue weighted by atomic mass is 10.8. The number of carboxylic acids is 1. The van der Waals surface area contributed by atoms with Gasteiger partial charge in [0.05, 0.1) is 18.6 Å². The van der Waals surface area contributed by atoms with Gasteiger partial charge in [0, 0.05) is 7.05 Å². The number of aldehydes is 1. The third-order valence-corrected chi connectivity index (χ3v) is 5.53. The first-order valence-electron chi connectivity index (χ1n) is 12.7. The van der Waals surface area contributed by atoms with Crippen LogP contribution in [0.15, 0.2) is 69.8 Å². The third kappa shape index (κ3) is 30.6. The molecule has 0 saturated carbocycles. The fraction of sp³-hybridized carbons (Fsp3) is 0.182. The third-order valence-electron chi connectivity index (χ3n) is 3.79. The van der Waals surface area contributed by atoms with Crippen molar-refractivity contribution in [1.82, 2.24) is 80.9 Å². The predicted octanol–water partition coefficient (Wildman–Crippen LogP) is -3.50. The summed E-state index contributed by atoms with van der Waals surface area (Å²) in [7, 11) is 1.57. The molecule has 0 fully saturated rings. The molecular weight excluding hydrogens is 821 g/mol. The molecule has 0 spiro atoms. The van der Waals surface area contributed by atoms with Crippen molar-refractivity contribution in [1.29, 1.82) is 0 Å². The molecule has 0 aliphatic heterocycles. The Labute approximate surface area is 323 Å². The summed E-state index contributed by atoms with van der Waals surface area (Å²) in [6.07, 6.45) is 10.1. The number of hydrazine groups is 1. The van der Waals surface area contributed by atoms with Crippen molar-refractivity contribution in [2.45, 2.75) is 17.5 Å². The van der Waals surface area contributed by atoms with Gasteiger partial charge in [0.25, 0.3) is 11.1 Å². The first-order valence-corrected chi connectivity index (χ1v) is 16.4. The molecule has 5 aromatic heterocycles. The zero-order valence-electron chi connectivity index (χ0n) is 27.0. The number of nitrogens with one attached hydrogen (secondary N) is 8. The molecular formula is C22H32N18O9S5. The first-order chi connectivity index (χ1) is 25.0. The molecule has 0 atom stereocenters. The maximum absolute atomic E-state index is 10.8. The van der Waals surface area contributed by atoms with Crippen LogP contribution in [0.5, 0.6) is 0 Å². The molecule has 0 aliphatic carbocycles. The van der Waals surface area contributed by atoms with Gasteiger partial charge in [-0.2, -0.15) is 35.5 Å². The van der Waals surface area contributed by atoms with Gasteiger partial charge in [-0.05, 0) is 36.9 Å². The monoisotopic (exact) mass is 852 g/mol. The Hall–Kier alpha value is -6.22. The van der Waals surface area contributed by atoms with Crippen LogP contribution in [-0.4, -0.2) is 110 Å². The maximum Gasteiger partial charge on any atom is 0.368 e. The Morgan fingerprint density at radius 3 is 1.57 bits per heavy atom. The lowest BCUT2D eigenvalue weighted by Crippen LogP contribution is -2.34. The average Bonchev–Trinajstić information content (AvgIpc) is 3.11. The summed E-state index contributed by atoms with van der Waals surface area (Å²) in [5.41, 5.74) is 4.37. The van der Waals surface area contributed by atoms with Crippen LogP contribution < -0.4 is 50.9 Å². The van der Waals surface area contributed by atoms with Crippen LogP contribution in [0.2, 0.25) is 0 Å². The van der Waals surface area contributed by atoms with Crippen molar-refractivity contribution >= 4 is 77.5 Å². The Kier molecular flexibility index (Phi) is 30.4. The highest BCUT2D eigenvalue weighted by Gasteiger charge is 1.94. The number of aromatic amines is 7. The van der Waals surface area contributed by atoms with Crippen LogP contribution in [0.3, 0.4) is 0 Å². The molecule has 0 bridgehead atoms. The van der Waals surface area contributed by atoms with Crippen LogP contribution in [0.4, 0.5) is 0 Å².